The second-order valence-electron chi connectivity index (χ2n) is 9.47. The Balaban J connectivity index is 2.10. The van der Waals surface area contributed by atoms with Gasteiger partial charge in [0.25, 0.3) is 0 Å². The first-order valence-corrected chi connectivity index (χ1v) is 12.5. The van der Waals surface area contributed by atoms with Crippen molar-refractivity contribution in [1.82, 2.24) is 0 Å². The molecule has 0 saturated heterocycles. The van der Waals surface area contributed by atoms with Crippen molar-refractivity contribution >= 4 is 55.0 Å². The Kier molecular flexibility index (Phi) is 6.07. The van der Waals surface area contributed by atoms with E-state index in [1.165, 1.54) is 44.2 Å². The molecule has 0 atom stereocenters. The maximum absolute atomic E-state index is 3.74. The number of hydrogen-bond donors (Lipinski definition) is 0. The zero-order chi connectivity index (χ0) is 21.7. The second-order valence-corrected chi connectivity index (χ2v) is 11.3. The lowest BCUT2D eigenvalue weighted by atomic mass is 9.36. The molecule has 1 aliphatic rings. The average molecular weight is 524 g/mol. The van der Waals surface area contributed by atoms with Gasteiger partial charge in [0.05, 0.1) is 0 Å². The third kappa shape index (κ3) is 3.73. The number of benzene rings is 3. The van der Waals surface area contributed by atoms with Crippen LogP contribution in [0.15, 0.2) is 57.5 Å². The Hall–Kier alpha value is -1.32. The highest BCUT2D eigenvalue weighted by Gasteiger charge is 2.37. The van der Waals surface area contributed by atoms with Gasteiger partial charge in [-0.25, -0.2) is 0 Å². The van der Waals surface area contributed by atoms with Crippen LogP contribution in [-0.2, 0) is 0 Å². The van der Waals surface area contributed by atoms with Gasteiger partial charge in [0.1, 0.15) is 0 Å². The maximum atomic E-state index is 3.74. The van der Waals surface area contributed by atoms with Crippen molar-refractivity contribution in [2.75, 3.05) is 0 Å². The molecule has 30 heavy (non-hydrogen) atoms. The lowest BCUT2D eigenvalue weighted by molar-refractivity contribution is 0.812. The fourth-order valence-electron chi connectivity index (χ4n) is 4.86. The number of rotatable bonds is 4. The van der Waals surface area contributed by atoms with E-state index in [4.69, 9.17) is 0 Å². The van der Waals surface area contributed by atoms with Crippen LogP contribution in [0.3, 0.4) is 0 Å². The van der Waals surface area contributed by atoms with E-state index in [0.717, 1.165) is 8.95 Å². The molecule has 0 unspecified atom stereocenters. The van der Waals surface area contributed by atoms with Crippen molar-refractivity contribution in [3.63, 3.8) is 0 Å². The van der Waals surface area contributed by atoms with Crippen molar-refractivity contribution in [3.05, 3.63) is 74.2 Å². The van der Waals surface area contributed by atoms with Crippen molar-refractivity contribution in [2.24, 2.45) is 0 Å². The van der Waals surface area contributed by atoms with Gasteiger partial charge in [-0.05, 0) is 57.7 Å². The number of halogens is 2. The van der Waals surface area contributed by atoms with Crippen LogP contribution in [0.25, 0.3) is 11.1 Å². The average Bonchev–Trinajstić information content (AvgIpc) is 2.98. The van der Waals surface area contributed by atoms with Crippen LogP contribution in [0, 0.1) is 0 Å². The van der Waals surface area contributed by atoms with Gasteiger partial charge < -0.3 is 0 Å². The van der Waals surface area contributed by atoms with E-state index in [1.54, 1.807) is 0 Å². The van der Waals surface area contributed by atoms with E-state index in [0.29, 0.717) is 17.8 Å². The summed E-state index contributed by atoms with van der Waals surface area (Å²) in [5, 5.41) is 0. The summed E-state index contributed by atoms with van der Waals surface area (Å²) in [5.74, 6) is 1.48. The molecule has 0 aromatic heterocycles. The van der Waals surface area contributed by atoms with Gasteiger partial charge in [0.2, 0.25) is 6.71 Å². The van der Waals surface area contributed by atoms with Crippen molar-refractivity contribution in [1.29, 1.82) is 0 Å². The summed E-state index contributed by atoms with van der Waals surface area (Å²) in [5.41, 5.74) is 11.5. The van der Waals surface area contributed by atoms with E-state index in [1.807, 2.05) is 0 Å². The van der Waals surface area contributed by atoms with Crippen LogP contribution in [0.4, 0.5) is 0 Å². The van der Waals surface area contributed by atoms with Gasteiger partial charge in [-0.3, -0.25) is 0 Å². The molecule has 3 aromatic carbocycles. The lowest BCUT2D eigenvalue weighted by Gasteiger charge is -2.26. The zero-order valence-corrected chi connectivity index (χ0v) is 21.9. The molecule has 0 bridgehead atoms. The van der Waals surface area contributed by atoms with Gasteiger partial charge in [0.15, 0.2) is 0 Å². The van der Waals surface area contributed by atoms with Gasteiger partial charge in [-0.2, -0.15) is 0 Å². The van der Waals surface area contributed by atoms with Crippen LogP contribution in [0.2, 0.25) is 0 Å². The SMILES string of the molecule is CC(C)c1cc(C(C)C)c(B2c3cc(Br)ccc3-c3ccc(Br)cc32)c(C(C)C)c1. The van der Waals surface area contributed by atoms with Crippen LogP contribution in [0.5, 0.6) is 0 Å². The van der Waals surface area contributed by atoms with Crippen LogP contribution in [-0.4, -0.2) is 6.71 Å². The topological polar surface area (TPSA) is 0 Å². The van der Waals surface area contributed by atoms with Gasteiger partial charge >= 0.3 is 0 Å². The van der Waals surface area contributed by atoms with Crippen molar-refractivity contribution in [3.8, 4) is 11.1 Å². The summed E-state index contributed by atoms with van der Waals surface area (Å²) < 4.78 is 2.29. The summed E-state index contributed by atoms with van der Waals surface area (Å²) in [4.78, 5) is 0. The largest absolute Gasteiger partial charge is 0.243 e. The van der Waals surface area contributed by atoms with Crippen molar-refractivity contribution in [2.45, 2.75) is 59.3 Å². The van der Waals surface area contributed by atoms with Gasteiger partial charge in [0, 0.05) is 8.95 Å². The third-order valence-electron chi connectivity index (χ3n) is 6.41. The molecule has 0 radical (unpaired) electrons. The highest BCUT2D eigenvalue weighted by atomic mass is 79.9. The predicted molar refractivity (Wildman–Crippen MR) is 141 cm³/mol. The quantitative estimate of drug-likeness (QED) is 0.251. The van der Waals surface area contributed by atoms with E-state index >= 15 is 0 Å². The maximum Gasteiger partial charge on any atom is 0.243 e. The molecule has 0 saturated carbocycles. The molecule has 0 amide bonds. The summed E-state index contributed by atoms with van der Waals surface area (Å²) in [6, 6.07) is 18.5. The van der Waals surface area contributed by atoms with Crippen LogP contribution >= 0.6 is 31.9 Å². The minimum Gasteiger partial charge on any atom is -0.0618 e. The Morgan fingerprint density at radius 3 is 1.40 bits per heavy atom. The molecule has 3 heteroatoms. The highest BCUT2D eigenvalue weighted by Crippen LogP contribution is 2.31. The summed E-state index contributed by atoms with van der Waals surface area (Å²) in [6.45, 7) is 14.2. The molecule has 0 spiro atoms. The molecule has 0 aliphatic carbocycles. The molecule has 1 heterocycles. The fourth-order valence-corrected chi connectivity index (χ4v) is 5.62. The summed E-state index contributed by atoms with van der Waals surface area (Å²) >= 11 is 7.48. The first-order chi connectivity index (χ1) is 14.2. The molecule has 0 fully saturated rings. The molecule has 154 valence electrons. The molecule has 0 N–H and O–H groups in total. The minimum atomic E-state index is 0.265. The molecule has 4 rings (SSSR count). The summed E-state index contributed by atoms with van der Waals surface area (Å²) in [7, 11) is 0. The first-order valence-electron chi connectivity index (χ1n) is 11.0. The molecule has 3 aromatic rings. The van der Waals surface area contributed by atoms with Crippen LogP contribution < -0.4 is 16.4 Å². The Bertz CT molecular complexity index is 1030. The third-order valence-corrected chi connectivity index (χ3v) is 7.39. The lowest BCUT2D eigenvalue weighted by Crippen LogP contribution is -2.52. The normalized spacial score (nSPS) is 12.8. The van der Waals surface area contributed by atoms with Gasteiger partial charge in [-0.1, -0.05) is 126 Å². The molecule has 1 aliphatic heterocycles. The Morgan fingerprint density at radius 2 is 1.03 bits per heavy atom. The highest BCUT2D eigenvalue weighted by molar-refractivity contribution is 9.10. The predicted octanol–water partition coefficient (Wildman–Crippen LogP) is 7.08. The van der Waals surface area contributed by atoms with Crippen LogP contribution in [0.1, 0.15) is 76.0 Å². The van der Waals surface area contributed by atoms with E-state index in [9.17, 15) is 0 Å². The zero-order valence-electron chi connectivity index (χ0n) is 18.7. The van der Waals surface area contributed by atoms with Gasteiger partial charge in [-0.15, -0.1) is 0 Å². The number of fused-ring (bicyclic) bond motifs is 3. The standard InChI is InChI=1S/C27H29BBr2/c1-15(2)18-11-23(16(3)4)27(24(12-18)17(5)6)28-25-13-19(29)7-9-21(25)22-10-8-20(30)14-26(22)28/h7-17H,1-6H3. The molecular formula is C27H29BBr2. The first kappa shape index (κ1) is 21.9. The Morgan fingerprint density at radius 1 is 0.600 bits per heavy atom. The van der Waals surface area contributed by atoms with E-state index < -0.39 is 0 Å². The smallest absolute Gasteiger partial charge is 0.0618 e. The monoisotopic (exact) mass is 522 g/mol. The minimum absolute atomic E-state index is 0.265. The fraction of sp³-hybridized carbons (Fsp3) is 0.333. The molecule has 0 nitrogen and oxygen atoms in total. The Labute approximate surface area is 198 Å². The second kappa shape index (κ2) is 8.32. The summed E-state index contributed by atoms with van der Waals surface area (Å²) in [6.07, 6.45) is 0. The van der Waals surface area contributed by atoms with Crippen molar-refractivity contribution < 1.29 is 0 Å². The van der Waals surface area contributed by atoms with E-state index in [-0.39, 0.29) is 6.71 Å². The van der Waals surface area contributed by atoms with E-state index in [2.05, 4.69) is 122 Å². The number of hydrogen-bond acceptors (Lipinski definition) is 0. The molecular weight excluding hydrogens is 495 g/mol.